The summed E-state index contributed by atoms with van der Waals surface area (Å²) >= 11 is 3.35. The number of carbonyl (C=O) groups is 2. The van der Waals surface area contributed by atoms with E-state index in [9.17, 15) is 22.4 Å². The molecule has 10 heteroatoms. The monoisotopic (exact) mass is 643 g/mol. The molecule has 1 N–H and O–H groups in total. The van der Waals surface area contributed by atoms with Crippen LogP contribution in [0.3, 0.4) is 0 Å². The molecule has 218 valence electrons. The van der Waals surface area contributed by atoms with Crippen LogP contribution in [0.4, 0.5) is 10.1 Å². The van der Waals surface area contributed by atoms with Gasteiger partial charge in [-0.05, 0) is 48.7 Å². The first-order chi connectivity index (χ1) is 19.6. The van der Waals surface area contributed by atoms with Crippen molar-refractivity contribution < 1.29 is 22.4 Å². The Balaban J connectivity index is 1.72. The predicted molar refractivity (Wildman–Crippen MR) is 162 cm³/mol. The zero-order chi connectivity index (χ0) is 29.4. The molecule has 1 aliphatic rings. The van der Waals surface area contributed by atoms with Crippen LogP contribution in [0.2, 0.25) is 0 Å². The first kappa shape index (κ1) is 30.7. The van der Waals surface area contributed by atoms with Gasteiger partial charge in [0.15, 0.2) is 0 Å². The van der Waals surface area contributed by atoms with Crippen molar-refractivity contribution in [1.29, 1.82) is 0 Å². The molecule has 0 radical (unpaired) electrons. The molecule has 0 spiro atoms. The van der Waals surface area contributed by atoms with Gasteiger partial charge < -0.3 is 10.2 Å². The molecule has 1 saturated carbocycles. The third kappa shape index (κ3) is 8.63. The Morgan fingerprint density at radius 2 is 1.59 bits per heavy atom. The summed E-state index contributed by atoms with van der Waals surface area (Å²) in [4.78, 5) is 29.3. The Morgan fingerprint density at radius 1 is 0.951 bits per heavy atom. The molecule has 1 fully saturated rings. The van der Waals surface area contributed by atoms with Crippen molar-refractivity contribution >= 4 is 43.5 Å². The van der Waals surface area contributed by atoms with Crippen LogP contribution in [0.25, 0.3) is 0 Å². The van der Waals surface area contributed by atoms with Crippen molar-refractivity contribution in [3.63, 3.8) is 0 Å². The number of benzene rings is 3. The van der Waals surface area contributed by atoms with Crippen LogP contribution in [-0.2, 0) is 32.6 Å². The normalized spacial score (nSPS) is 14.7. The van der Waals surface area contributed by atoms with Gasteiger partial charge in [0, 0.05) is 29.0 Å². The van der Waals surface area contributed by atoms with Gasteiger partial charge in [0.05, 0.1) is 11.9 Å². The van der Waals surface area contributed by atoms with E-state index in [-0.39, 0.29) is 30.5 Å². The van der Waals surface area contributed by atoms with Gasteiger partial charge in [0.25, 0.3) is 0 Å². The second-order valence-corrected chi connectivity index (χ2v) is 13.2. The molecule has 41 heavy (non-hydrogen) atoms. The van der Waals surface area contributed by atoms with E-state index < -0.39 is 34.3 Å². The topological polar surface area (TPSA) is 86.8 Å². The van der Waals surface area contributed by atoms with Crippen LogP contribution >= 0.6 is 15.9 Å². The Bertz CT molecular complexity index is 1430. The van der Waals surface area contributed by atoms with E-state index in [1.165, 1.54) is 11.0 Å². The maximum atomic E-state index is 14.9. The largest absolute Gasteiger partial charge is 0.352 e. The number of sulfonamides is 1. The molecule has 0 aromatic heterocycles. The molecule has 0 bridgehead atoms. The van der Waals surface area contributed by atoms with Gasteiger partial charge in [0.1, 0.15) is 18.4 Å². The Morgan fingerprint density at radius 3 is 2.22 bits per heavy atom. The molecule has 4 rings (SSSR count). The number of nitrogens with zero attached hydrogens (tertiary/aromatic N) is 2. The second-order valence-electron chi connectivity index (χ2n) is 10.4. The van der Waals surface area contributed by atoms with Gasteiger partial charge in [-0.25, -0.2) is 12.8 Å². The number of amides is 2. The van der Waals surface area contributed by atoms with Crippen LogP contribution in [0.5, 0.6) is 0 Å². The molecular formula is C31H35BrFN3O4S. The van der Waals surface area contributed by atoms with E-state index in [2.05, 4.69) is 21.2 Å². The van der Waals surface area contributed by atoms with E-state index in [1.54, 1.807) is 42.5 Å². The third-order valence-electron chi connectivity index (χ3n) is 7.31. The van der Waals surface area contributed by atoms with Gasteiger partial charge >= 0.3 is 0 Å². The van der Waals surface area contributed by atoms with E-state index in [1.807, 2.05) is 30.3 Å². The summed E-state index contributed by atoms with van der Waals surface area (Å²) in [5.74, 6) is -1.45. The molecule has 2 amide bonds. The zero-order valence-electron chi connectivity index (χ0n) is 23.0. The number of anilines is 1. The molecule has 3 aromatic rings. The van der Waals surface area contributed by atoms with Crippen molar-refractivity contribution in [2.24, 2.45) is 0 Å². The fraction of sp³-hybridized carbons (Fsp3) is 0.355. The first-order valence-corrected chi connectivity index (χ1v) is 16.4. The molecule has 0 unspecified atom stereocenters. The van der Waals surface area contributed by atoms with Crippen LogP contribution in [0.1, 0.15) is 43.2 Å². The molecule has 1 aliphatic carbocycles. The van der Waals surface area contributed by atoms with Crippen LogP contribution in [-0.4, -0.2) is 50.0 Å². The third-order valence-corrected chi connectivity index (χ3v) is 8.98. The van der Waals surface area contributed by atoms with Gasteiger partial charge in [-0.3, -0.25) is 13.9 Å². The lowest BCUT2D eigenvalue weighted by Gasteiger charge is -2.35. The van der Waals surface area contributed by atoms with Crippen molar-refractivity contribution in [3.8, 4) is 0 Å². The minimum absolute atomic E-state index is 0.00443. The van der Waals surface area contributed by atoms with Gasteiger partial charge in [-0.15, -0.1) is 0 Å². The summed E-state index contributed by atoms with van der Waals surface area (Å²) < 4.78 is 42.3. The summed E-state index contributed by atoms with van der Waals surface area (Å²) in [6, 6.07) is 21.0. The van der Waals surface area contributed by atoms with E-state index >= 15 is 0 Å². The molecule has 0 aliphatic heterocycles. The fourth-order valence-corrected chi connectivity index (χ4v) is 6.24. The number of nitrogens with one attached hydrogen (secondary N) is 1. The van der Waals surface area contributed by atoms with Crippen molar-refractivity contribution in [3.05, 3.63) is 100 Å². The minimum Gasteiger partial charge on any atom is -0.352 e. The maximum absolute atomic E-state index is 14.9. The standard InChI is InChI=1S/C31H35BrFN3O4S/c1-41(39,40)36(27-18-16-25(32)17-19-27)22-30(37)35(21-24-12-8-9-15-28(24)33)29(20-23-10-4-2-5-11-23)31(38)34-26-13-6-3-7-14-26/h2,4-5,8-12,15-19,26,29H,3,6-7,13-14,20-22H2,1H3,(H,34,38)/t29-/m1/s1. The molecule has 1 atom stereocenters. The number of rotatable bonds is 11. The number of carbonyl (C=O) groups excluding carboxylic acids is 2. The molecule has 0 saturated heterocycles. The van der Waals surface area contributed by atoms with E-state index in [0.717, 1.165) is 52.7 Å². The Hall–Kier alpha value is -3.24. The average Bonchev–Trinajstić information content (AvgIpc) is 2.95. The second kappa shape index (κ2) is 14.1. The Labute approximate surface area is 249 Å². The van der Waals surface area contributed by atoms with E-state index in [0.29, 0.717) is 5.69 Å². The molecule has 7 nitrogen and oxygen atoms in total. The zero-order valence-corrected chi connectivity index (χ0v) is 25.4. The minimum atomic E-state index is -3.87. The lowest BCUT2D eigenvalue weighted by molar-refractivity contribution is -0.140. The van der Waals surface area contributed by atoms with Gasteiger partial charge in [-0.1, -0.05) is 83.7 Å². The number of hydrogen-bond donors (Lipinski definition) is 1. The van der Waals surface area contributed by atoms with Crippen molar-refractivity contribution in [1.82, 2.24) is 10.2 Å². The SMILES string of the molecule is CS(=O)(=O)N(CC(=O)N(Cc1ccccc1F)[C@H](Cc1ccccc1)C(=O)NC1CCCCC1)c1ccc(Br)cc1. The number of halogens is 2. The first-order valence-electron chi connectivity index (χ1n) is 13.7. The van der Waals surface area contributed by atoms with Crippen LogP contribution in [0, 0.1) is 5.82 Å². The highest BCUT2D eigenvalue weighted by molar-refractivity contribution is 9.10. The van der Waals surface area contributed by atoms with E-state index in [4.69, 9.17) is 0 Å². The molecule has 0 heterocycles. The van der Waals surface area contributed by atoms with Crippen LogP contribution < -0.4 is 9.62 Å². The summed E-state index contributed by atoms with van der Waals surface area (Å²) in [5.41, 5.74) is 1.37. The summed E-state index contributed by atoms with van der Waals surface area (Å²) in [6.45, 7) is -0.740. The van der Waals surface area contributed by atoms with Crippen LogP contribution in [0.15, 0.2) is 83.3 Å². The quantitative estimate of drug-likeness (QED) is 0.301. The highest BCUT2D eigenvalue weighted by Crippen LogP contribution is 2.24. The molecule has 3 aromatic carbocycles. The van der Waals surface area contributed by atoms with Crippen molar-refractivity contribution in [2.75, 3.05) is 17.1 Å². The number of hydrogen-bond acceptors (Lipinski definition) is 4. The fourth-order valence-electron chi connectivity index (χ4n) is 5.13. The van der Waals surface area contributed by atoms with Gasteiger partial charge in [0.2, 0.25) is 21.8 Å². The highest BCUT2D eigenvalue weighted by atomic mass is 79.9. The summed E-state index contributed by atoms with van der Waals surface area (Å²) in [5, 5.41) is 3.13. The molecular weight excluding hydrogens is 609 g/mol. The smallest absolute Gasteiger partial charge is 0.244 e. The lowest BCUT2D eigenvalue weighted by atomic mass is 9.94. The highest BCUT2D eigenvalue weighted by Gasteiger charge is 2.34. The maximum Gasteiger partial charge on any atom is 0.244 e. The Kier molecular flexibility index (Phi) is 10.6. The van der Waals surface area contributed by atoms with Gasteiger partial charge in [-0.2, -0.15) is 0 Å². The summed E-state index contributed by atoms with van der Waals surface area (Å²) in [7, 11) is -3.87. The average molecular weight is 645 g/mol. The predicted octanol–water partition coefficient (Wildman–Crippen LogP) is 5.44. The summed E-state index contributed by atoms with van der Waals surface area (Å²) in [6.07, 6.45) is 6.09. The van der Waals surface area contributed by atoms with Crippen molar-refractivity contribution in [2.45, 2.75) is 57.2 Å². The lowest BCUT2D eigenvalue weighted by Crippen LogP contribution is -2.55.